The molecule has 0 saturated carbocycles. The van der Waals surface area contributed by atoms with Crippen molar-refractivity contribution in [2.24, 2.45) is 0 Å². The monoisotopic (exact) mass is 248 g/mol. The fourth-order valence-electron chi connectivity index (χ4n) is 0.589. The summed E-state index contributed by atoms with van der Waals surface area (Å²) in [6, 6.07) is 0. The highest BCUT2D eigenvalue weighted by atomic mass is 79.9. The fourth-order valence-corrected chi connectivity index (χ4v) is 0.788. The molecular weight excluding hydrogens is 236 g/mol. The molecule has 0 saturated heterocycles. The van der Waals surface area contributed by atoms with Crippen molar-refractivity contribution in [3.63, 3.8) is 0 Å². The molecule has 0 unspecified atom stereocenters. The van der Waals surface area contributed by atoms with Gasteiger partial charge in [-0.15, -0.1) is 0 Å². The average Bonchev–Trinajstić information content (AvgIpc) is 2.10. The Bertz CT molecular complexity index is 204. The first-order valence-corrected chi connectivity index (χ1v) is 5.01. The first-order valence-electron chi connectivity index (χ1n) is 3.89. The van der Waals surface area contributed by atoms with Gasteiger partial charge in [-0.2, -0.15) is 0 Å². The smallest absolute Gasteiger partial charge is 0.230 e. The summed E-state index contributed by atoms with van der Waals surface area (Å²) in [7, 11) is 0. The van der Waals surface area contributed by atoms with Crippen molar-refractivity contribution in [2.75, 3.05) is 18.4 Å². The van der Waals surface area contributed by atoms with Crippen molar-refractivity contribution in [2.45, 2.75) is 6.92 Å². The van der Waals surface area contributed by atoms with Gasteiger partial charge >= 0.3 is 0 Å². The molecule has 0 bridgehead atoms. The summed E-state index contributed by atoms with van der Waals surface area (Å²) in [5.74, 6) is -0.113. The molecule has 0 aromatic heterocycles. The Hall–Kier alpha value is -0.840. The van der Waals surface area contributed by atoms with Crippen LogP contribution in [0, 0.1) is 0 Å². The summed E-state index contributed by atoms with van der Waals surface area (Å²) in [5.41, 5.74) is 0. The van der Waals surface area contributed by atoms with Crippen molar-refractivity contribution in [1.82, 2.24) is 10.6 Å². The summed E-state index contributed by atoms with van der Waals surface area (Å²) >= 11 is 3.02. The van der Waals surface area contributed by atoms with Crippen molar-refractivity contribution in [3.05, 3.63) is 12.2 Å². The van der Waals surface area contributed by atoms with Crippen LogP contribution in [0.5, 0.6) is 0 Å². The summed E-state index contributed by atoms with van der Waals surface area (Å²) in [4.78, 5) is 21.1. The molecule has 0 aliphatic carbocycles. The Morgan fingerprint density at radius 3 is 2.23 bits per heavy atom. The average molecular weight is 249 g/mol. The topological polar surface area (TPSA) is 58.2 Å². The van der Waals surface area contributed by atoms with Crippen LogP contribution in [0.25, 0.3) is 0 Å². The second-order valence-corrected chi connectivity index (χ2v) is 2.91. The van der Waals surface area contributed by atoms with Crippen LogP contribution in [0.3, 0.4) is 0 Å². The molecule has 0 fully saturated rings. The highest BCUT2D eigenvalue weighted by Gasteiger charge is 1.92. The first kappa shape index (κ1) is 12.2. The number of carbonyl (C=O) groups excluding carboxylic acids is 2. The van der Waals surface area contributed by atoms with Gasteiger partial charge in [-0.3, -0.25) is 9.59 Å². The van der Waals surface area contributed by atoms with Gasteiger partial charge in [0, 0.05) is 20.0 Å². The molecule has 74 valence electrons. The molecule has 0 radical (unpaired) electrons. The van der Waals surface area contributed by atoms with Gasteiger partial charge in [0.15, 0.2) is 0 Å². The SMILES string of the molecule is CC(=O)NCC=CCNC(=O)CBr. The highest BCUT2D eigenvalue weighted by Crippen LogP contribution is 1.78. The maximum atomic E-state index is 10.7. The van der Waals surface area contributed by atoms with Crippen LogP contribution in [0.1, 0.15) is 6.92 Å². The molecule has 13 heavy (non-hydrogen) atoms. The molecule has 0 spiro atoms. The molecule has 0 aliphatic heterocycles. The molecule has 0 rings (SSSR count). The van der Waals surface area contributed by atoms with Crippen molar-refractivity contribution >= 4 is 27.7 Å². The van der Waals surface area contributed by atoms with Crippen LogP contribution in [0.15, 0.2) is 12.2 Å². The van der Waals surface area contributed by atoms with E-state index in [1.165, 1.54) is 6.92 Å². The van der Waals surface area contributed by atoms with Gasteiger partial charge in [-0.25, -0.2) is 0 Å². The number of halogens is 1. The van der Waals surface area contributed by atoms with Gasteiger partial charge in [0.2, 0.25) is 11.8 Å². The lowest BCUT2D eigenvalue weighted by Gasteiger charge is -1.97. The largest absolute Gasteiger partial charge is 0.353 e. The second kappa shape index (κ2) is 7.79. The third-order valence-electron chi connectivity index (χ3n) is 1.17. The van der Waals surface area contributed by atoms with Crippen molar-refractivity contribution in [1.29, 1.82) is 0 Å². The van der Waals surface area contributed by atoms with E-state index >= 15 is 0 Å². The predicted octanol–water partition coefficient (Wildman–Crippen LogP) is 0.190. The number of rotatable bonds is 5. The third-order valence-corrected chi connectivity index (χ3v) is 1.68. The van der Waals surface area contributed by atoms with Crippen molar-refractivity contribution in [3.8, 4) is 0 Å². The van der Waals surface area contributed by atoms with Crippen LogP contribution in [0.2, 0.25) is 0 Å². The van der Waals surface area contributed by atoms with E-state index in [9.17, 15) is 9.59 Å². The highest BCUT2D eigenvalue weighted by molar-refractivity contribution is 9.09. The molecule has 5 heteroatoms. The Morgan fingerprint density at radius 1 is 1.23 bits per heavy atom. The second-order valence-electron chi connectivity index (χ2n) is 2.35. The summed E-state index contributed by atoms with van der Waals surface area (Å²) in [5, 5.41) is 5.55. The van der Waals surface area contributed by atoms with Crippen LogP contribution in [-0.2, 0) is 9.59 Å². The minimum atomic E-state index is -0.0610. The number of hydrogen-bond acceptors (Lipinski definition) is 2. The van der Waals surface area contributed by atoms with E-state index in [0.29, 0.717) is 18.4 Å². The van der Waals surface area contributed by atoms with E-state index in [1.54, 1.807) is 12.2 Å². The standard InChI is InChI=1S/C8H13BrN2O2/c1-7(12)10-4-2-3-5-11-8(13)6-9/h2-3H,4-6H2,1H3,(H,10,12)(H,11,13). The Balaban J connectivity index is 3.31. The van der Waals surface area contributed by atoms with Crippen LogP contribution >= 0.6 is 15.9 Å². The van der Waals surface area contributed by atoms with Crippen LogP contribution in [0.4, 0.5) is 0 Å². The van der Waals surface area contributed by atoms with Gasteiger partial charge in [0.25, 0.3) is 0 Å². The van der Waals surface area contributed by atoms with Gasteiger partial charge in [0.1, 0.15) is 0 Å². The molecular formula is C8H13BrN2O2. The predicted molar refractivity (Wildman–Crippen MR) is 54.6 cm³/mol. The van der Waals surface area contributed by atoms with E-state index in [0.717, 1.165) is 0 Å². The zero-order chi connectivity index (χ0) is 10.1. The van der Waals surface area contributed by atoms with Gasteiger partial charge < -0.3 is 10.6 Å². The van der Waals surface area contributed by atoms with Gasteiger partial charge in [0.05, 0.1) is 5.33 Å². The lowest BCUT2D eigenvalue weighted by molar-refractivity contribution is -0.119. The summed E-state index contributed by atoms with van der Waals surface area (Å²) < 4.78 is 0. The molecule has 2 N–H and O–H groups in total. The first-order chi connectivity index (χ1) is 6.16. The van der Waals surface area contributed by atoms with E-state index in [1.807, 2.05) is 0 Å². The van der Waals surface area contributed by atoms with E-state index < -0.39 is 0 Å². The molecule has 0 aromatic carbocycles. The minimum absolute atomic E-state index is 0.0517. The van der Waals surface area contributed by atoms with Crippen LogP contribution in [-0.4, -0.2) is 30.2 Å². The number of hydrogen-bond donors (Lipinski definition) is 2. The third kappa shape index (κ3) is 9.07. The number of nitrogens with one attached hydrogen (secondary N) is 2. The Kier molecular flexibility index (Phi) is 7.29. The zero-order valence-corrected chi connectivity index (χ0v) is 9.06. The fraction of sp³-hybridized carbons (Fsp3) is 0.500. The molecule has 0 aliphatic rings. The van der Waals surface area contributed by atoms with Crippen LogP contribution < -0.4 is 10.6 Å². The minimum Gasteiger partial charge on any atom is -0.353 e. The quantitative estimate of drug-likeness (QED) is 0.539. The van der Waals surface area contributed by atoms with Gasteiger partial charge in [-0.1, -0.05) is 28.1 Å². The van der Waals surface area contributed by atoms with E-state index in [4.69, 9.17) is 0 Å². The maximum Gasteiger partial charge on any atom is 0.230 e. The number of alkyl halides is 1. The molecule has 0 heterocycles. The summed E-state index contributed by atoms with van der Waals surface area (Å²) in [6.07, 6.45) is 3.58. The lowest BCUT2D eigenvalue weighted by Crippen LogP contribution is -2.24. The maximum absolute atomic E-state index is 10.7. The molecule has 4 nitrogen and oxygen atoms in total. The van der Waals surface area contributed by atoms with Gasteiger partial charge in [-0.05, 0) is 0 Å². The van der Waals surface area contributed by atoms with E-state index in [-0.39, 0.29) is 11.8 Å². The Morgan fingerprint density at radius 2 is 1.77 bits per heavy atom. The molecule has 2 amide bonds. The summed E-state index contributed by atoms with van der Waals surface area (Å²) in [6.45, 7) is 2.45. The van der Waals surface area contributed by atoms with Crippen molar-refractivity contribution < 1.29 is 9.59 Å². The lowest BCUT2D eigenvalue weighted by atomic mass is 10.4. The normalized spacial score (nSPS) is 10.0. The Labute approximate surface area is 85.9 Å². The number of amides is 2. The molecule has 0 atom stereocenters. The van der Waals surface area contributed by atoms with E-state index in [2.05, 4.69) is 26.6 Å². The number of carbonyl (C=O) groups is 2. The zero-order valence-electron chi connectivity index (χ0n) is 7.47. The molecule has 0 aromatic rings.